The molecule has 1 unspecified atom stereocenters. The third-order valence-corrected chi connectivity index (χ3v) is 2.89. The molecule has 0 aliphatic carbocycles. The average molecular weight is 221 g/mol. The molecule has 0 fully saturated rings. The average Bonchev–Trinajstić information content (AvgIpc) is 2.35. The summed E-state index contributed by atoms with van der Waals surface area (Å²) in [5.41, 5.74) is 2.68. The Morgan fingerprint density at radius 2 is 2.31 bits per heavy atom. The van der Waals surface area contributed by atoms with E-state index in [1.807, 2.05) is 0 Å². The zero-order chi connectivity index (χ0) is 11.2. The van der Waals surface area contributed by atoms with Crippen LogP contribution in [0.5, 0.6) is 0 Å². The third-order valence-electron chi connectivity index (χ3n) is 2.89. The van der Waals surface area contributed by atoms with E-state index >= 15 is 0 Å². The van der Waals surface area contributed by atoms with Gasteiger partial charge in [-0.05, 0) is 24.1 Å². The van der Waals surface area contributed by atoms with Gasteiger partial charge in [0.2, 0.25) is 0 Å². The second-order valence-electron chi connectivity index (χ2n) is 4.07. The van der Waals surface area contributed by atoms with Gasteiger partial charge < -0.3 is 14.8 Å². The van der Waals surface area contributed by atoms with E-state index in [-0.39, 0.29) is 0 Å². The first-order valence-electron chi connectivity index (χ1n) is 5.79. The largest absolute Gasteiger partial charge is 0.385 e. The van der Waals surface area contributed by atoms with Crippen molar-refractivity contribution in [3.63, 3.8) is 0 Å². The standard InChI is InChI=1S/C13H19NO2/c1-15-8-4-7-14-13-10-16-9-11-5-2-3-6-12(11)13/h2-3,5-6,13-14H,4,7-10H2,1H3. The number of hydrogen-bond acceptors (Lipinski definition) is 3. The van der Waals surface area contributed by atoms with Gasteiger partial charge in [0.05, 0.1) is 19.3 Å². The van der Waals surface area contributed by atoms with E-state index in [1.54, 1.807) is 7.11 Å². The van der Waals surface area contributed by atoms with Gasteiger partial charge in [-0.3, -0.25) is 0 Å². The van der Waals surface area contributed by atoms with Crippen LogP contribution in [0.15, 0.2) is 24.3 Å². The van der Waals surface area contributed by atoms with Crippen molar-refractivity contribution in [3.8, 4) is 0 Å². The van der Waals surface area contributed by atoms with Gasteiger partial charge >= 0.3 is 0 Å². The molecule has 0 saturated heterocycles. The first-order chi connectivity index (χ1) is 7.92. The molecule has 0 bridgehead atoms. The van der Waals surface area contributed by atoms with Gasteiger partial charge in [-0.1, -0.05) is 24.3 Å². The Balaban J connectivity index is 1.91. The van der Waals surface area contributed by atoms with Crippen LogP contribution in [0.3, 0.4) is 0 Å². The second kappa shape index (κ2) is 5.99. The van der Waals surface area contributed by atoms with Crippen LogP contribution in [0.25, 0.3) is 0 Å². The van der Waals surface area contributed by atoms with Crippen LogP contribution < -0.4 is 5.32 Å². The number of hydrogen-bond donors (Lipinski definition) is 1. The van der Waals surface area contributed by atoms with Crippen LogP contribution >= 0.6 is 0 Å². The number of ether oxygens (including phenoxy) is 2. The van der Waals surface area contributed by atoms with Gasteiger partial charge in [-0.2, -0.15) is 0 Å². The molecule has 0 aromatic heterocycles. The van der Waals surface area contributed by atoms with Crippen molar-refractivity contribution >= 4 is 0 Å². The van der Waals surface area contributed by atoms with Crippen molar-refractivity contribution in [2.24, 2.45) is 0 Å². The quantitative estimate of drug-likeness (QED) is 0.770. The zero-order valence-electron chi connectivity index (χ0n) is 9.74. The first-order valence-corrected chi connectivity index (χ1v) is 5.79. The van der Waals surface area contributed by atoms with Crippen LogP contribution in [-0.2, 0) is 16.1 Å². The van der Waals surface area contributed by atoms with Gasteiger partial charge in [0.25, 0.3) is 0 Å². The number of nitrogens with one attached hydrogen (secondary N) is 1. The Hall–Kier alpha value is -0.900. The lowest BCUT2D eigenvalue weighted by Crippen LogP contribution is -2.30. The minimum absolute atomic E-state index is 0.335. The minimum atomic E-state index is 0.335. The van der Waals surface area contributed by atoms with Crippen LogP contribution in [0.4, 0.5) is 0 Å². The summed E-state index contributed by atoms with van der Waals surface area (Å²) in [6.45, 7) is 3.29. The van der Waals surface area contributed by atoms with Crippen LogP contribution in [0, 0.1) is 0 Å². The highest BCUT2D eigenvalue weighted by atomic mass is 16.5. The van der Waals surface area contributed by atoms with E-state index in [0.29, 0.717) is 6.04 Å². The normalized spacial score (nSPS) is 19.4. The van der Waals surface area contributed by atoms with E-state index in [2.05, 4.69) is 29.6 Å². The summed E-state index contributed by atoms with van der Waals surface area (Å²) in [5.74, 6) is 0. The highest BCUT2D eigenvalue weighted by Crippen LogP contribution is 2.24. The highest BCUT2D eigenvalue weighted by molar-refractivity contribution is 5.30. The second-order valence-corrected chi connectivity index (χ2v) is 4.07. The molecule has 0 amide bonds. The predicted molar refractivity (Wildman–Crippen MR) is 63.3 cm³/mol. The molecule has 2 rings (SSSR count). The molecular formula is C13H19NO2. The summed E-state index contributed by atoms with van der Waals surface area (Å²) < 4.78 is 10.6. The Labute approximate surface area is 96.8 Å². The Morgan fingerprint density at radius 3 is 3.19 bits per heavy atom. The molecule has 1 heterocycles. The maximum atomic E-state index is 5.57. The lowest BCUT2D eigenvalue weighted by molar-refractivity contribution is 0.0812. The fourth-order valence-electron chi connectivity index (χ4n) is 2.04. The molecule has 0 radical (unpaired) electrons. The maximum absolute atomic E-state index is 5.57. The number of rotatable bonds is 5. The number of benzene rings is 1. The molecule has 3 heteroatoms. The fraction of sp³-hybridized carbons (Fsp3) is 0.538. The summed E-state index contributed by atoms with van der Waals surface area (Å²) in [6.07, 6.45) is 1.04. The molecule has 3 nitrogen and oxygen atoms in total. The lowest BCUT2D eigenvalue weighted by atomic mass is 9.99. The summed E-state index contributed by atoms with van der Waals surface area (Å²) >= 11 is 0. The van der Waals surface area contributed by atoms with Crippen LogP contribution in [-0.4, -0.2) is 26.9 Å². The SMILES string of the molecule is COCCCNC1COCc2ccccc21. The smallest absolute Gasteiger partial charge is 0.0721 e. The van der Waals surface area contributed by atoms with E-state index in [9.17, 15) is 0 Å². The van der Waals surface area contributed by atoms with Gasteiger partial charge in [0.15, 0.2) is 0 Å². The molecule has 16 heavy (non-hydrogen) atoms. The summed E-state index contributed by atoms with van der Waals surface area (Å²) in [6, 6.07) is 8.81. The predicted octanol–water partition coefficient (Wildman–Crippen LogP) is 1.88. The molecule has 1 N–H and O–H groups in total. The molecular weight excluding hydrogens is 202 g/mol. The highest BCUT2D eigenvalue weighted by Gasteiger charge is 2.18. The van der Waals surface area contributed by atoms with Gasteiger partial charge in [-0.15, -0.1) is 0 Å². The van der Waals surface area contributed by atoms with Gasteiger partial charge in [-0.25, -0.2) is 0 Å². The molecule has 1 aromatic carbocycles. The van der Waals surface area contributed by atoms with Crippen molar-refractivity contribution in [2.75, 3.05) is 26.9 Å². The Morgan fingerprint density at radius 1 is 1.44 bits per heavy atom. The molecule has 1 aromatic rings. The van der Waals surface area contributed by atoms with Gasteiger partial charge in [0, 0.05) is 13.7 Å². The van der Waals surface area contributed by atoms with E-state index in [1.165, 1.54) is 11.1 Å². The molecule has 0 saturated carbocycles. The van der Waals surface area contributed by atoms with E-state index in [4.69, 9.17) is 9.47 Å². The van der Waals surface area contributed by atoms with E-state index < -0.39 is 0 Å². The number of methoxy groups -OCH3 is 1. The Bertz CT molecular complexity index is 327. The van der Waals surface area contributed by atoms with Crippen LogP contribution in [0.2, 0.25) is 0 Å². The van der Waals surface area contributed by atoms with E-state index in [0.717, 1.165) is 32.8 Å². The summed E-state index contributed by atoms with van der Waals surface area (Å²) in [5, 5.41) is 3.51. The van der Waals surface area contributed by atoms with Crippen LogP contribution in [0.1, 0.15) is 23.6 Å². The zero-order valence-corrected chi connectivity index (χ0v) is 9.74. The molecule has 1 atom stereocenters. The Kier molecular flexibility index (Phi) is 4.34. The summed E-state index contributed by atoms with van der Waals surface area (Å²) in [7, 11) is 1.74. The monoisotopic (exact) mass is 221 g/mol. The topological polar surface area (TPSA) is 30.5 Å². The fourth-order valence-corrected chi connectivity index (χ4v) is 2.04. The van der Waals surface area contributed by atoms with Crippen molar-refractivity contribution in [2.45, 2.75) is 19.1 Å². The molecule has 88 valence electrons. The molecule has 0 spiro atoms. The van der Waals surface area contributed by atoms with Crippen molar-refractivity contribution < 1.29 is 9.47 Å². The number of fused-ring (bicyclic) bond motifs is 1. The molecule has 1 aliphatic rings. The van der Waals surface area contributed by atoms with Gasteiger partial charge in [0.1, 0.15) is 0 Å². The van der Waals surface area contributed by atoms with Crippen molar-refractivity contribution in [1.29, 1.82) is 0 Å². The van der Waals surface area contributed by atoms with Crippen molar-refractivity contribution in [3.05, 3.63) is 35.4 Å². The summed E-state index contributed by atoms with van der Waals surface area (Å²) in [4.78, 5) is 0. The first kappa shape index (κ1) is 11.6. The minimum Gasteiger partial charge on any atom is -0.385 e. The maximum Gasteiger partial charge on any atom is 0.0721 e. The van der Waals surface area contributed by atoms with Crippen molar-refractivity contribution in [1.82, 2.24) is 5.32 Å². The molecule has 1 aliphatic heterocycles. The third kappa shape index (κ3) is 2.82. The lowest BCUT2D eigenvalue weighted by Gasteiger charge is -2.26.